The molecule has 1 saturated carbocycles. The maximum Gasteiger partial charge on any atom is 0.271 e. The zero-order valence-electron chi connectivity index (χ0n) is 19.5. The van der Waals surface area contributed by atoms with E-state index in [1.807, 2.05) is 6.07 Å². The van der Waals surface area contributed by atoms with Crippen molar-refractivity contribution < 1.29 is 19.1 Å². The summed E-state index contributed by atoms with van der Waals surface area (Å²) in [6.07, 6.45) is 4.08. The molecule has 0 radical (unpaired) electrons. The van der Waals surface area contributed by atoms with Crippen LogP contribution in [0.2, 0.25) is 0 Å². The monoisotopic (exact) mass is 488 g/mol. The smallest absolute Gasteiger partial charge is 0.271 e. The third-order valence-corrected chi connectivity index (χ3v) is 6.16. The molecule has 2 aliphatic rings. The van der Waals surface area contributed by atoms with E-state index in [0.717, 1.165) is 19.3 Å². The summed E-state index contributed by atoms with van der Waals surface area (Å²) >= 11 is 0. The molecule has 5 rings (SSSR count). The Kier molecular flexibility index (Phi) is 6.22. The van der Waals surface area contributed by atoms with Gasteiger partial charge in [0.05, 0.1) is 37.3 Å². The number of carbonyl (C=O) groups excluding carboxylic acids is 2. The number of methoxy groups -OCH3 is 1. The summed E-state index contributed by atoms with van der Waals surface area (Å²) in [6.45, 7) is 1.12. The van der Waals surface area contributed by atoms with Crippen molar-refractivity contribution in [3.8, 4) is 22.9 Å². The number of ether oxygens (including phenoxy) is 2. The normalized spacial score (nSPS) is 16.8. The predicted molar refractivity (Wildman–Crippen MR) is 129 cm³/mol. The second-order valence-electron chi connectivity index (χ2n) is 8.61. The van der Waals surface area contributed by atoms with Crippen molar-refractivity contribution in [3.05, 3.63) is 41.9 Å². The van der Waals surface area contributed by atoms with Crippen LogP contribution in [-0.2, 0) is 9.53 Å². The van der Waals surface area contributed by atoms with E-state index in [0.29, 0.717) is 41.5 Å². The van der Waals surface area contributed by atoms with Crippen molar-refractivity contribution in [3.63, 3.8) is 0 Å². The highest BCUT2D eigenvalue weighted by Gasteiger charge is 2.30. The number of nitrogens with one attached hydrogen (secondary N) is 2. The van der Waals surface area contributed by atoms with Crippen LogP contribution in [0.15, 0.2) is 30.5 Å². The Bertz CT molecular complexity index is 1370. The van der Waals surface area contributed by atoms with Crippen LogP contribution >= 0.6 is 0 Å². The maximum atomic E-state index is 12.2. The van der Waals surface area contributed by atoms with Gasteiger partial charge in [0, 0.05) is 29.7 Å². The average Bonchev–Trinajstić information content (AvgIpc) is 3.42. The number of carbonyl (C=O) groups is 2. The molecule has 2 fully saturated rings. The zero-order valence-corrected chi connectivity index (χ0v) is 19.5. The molecule has 1 atom stereocenters. The van der Waals surface area contributed by atoms with E-state index in [4.69, 9.17) is 15.2 Å². The number of amides is 2. The molecule has 2 aromatic heterocycles. The first kappa shape index (κ1) is 23.3. The Balaban J connectivity index is 1.51. The van der Waals surface area contributed by atoms with Crippen molar-refractivity contribution >= 4 is 29.0 Å². The third kappa shape index (κ3) is 4.44. The number of aromatic nitrogens is 4. The van der Waals surface area contributed by atoms with Crippen LogP contribution in [0.25, 0.3) is 11.1 Å². The SMILES string of the molecule is COc1c(Nc2cc(NC(=O)C3CC3)nnc2C(N)=O)cccc1-c1cnn(C2CCOC2)c1C#N. The van der Waals surface area contributed by atoms with Crippen molar-refractivity contribution in [2.24, 2.45) is 11.7 Å². The lowest BCUT2D eigenvalue weighted by Crippen LogP contribution is -2.19. The van der Waals surface area contributed by atoms with Gasteiger partial charge in [-0.2, -0.15) is 10.4 Å². The van der Waals surface area contributed by atoms with Gasteiger partial charge in [-0.1, -0.05) is 12.1 Å². The number of para-hydroxylation sites is 1. The van der Waals surface area contributed by atoms with Crippen molar-refractivity contribution in [1.82, 2.24) is 20.0 Å². The van der Waals surface area contributed by atoms with Gasteiger partial charge in [0.2, 0.25) is 5.91 Å². The fraction of sp³-hybridized carbons (Fsp3) is 0.333. The molecule has 36 heavy (non-hydrogen) atoms. The molecule has 2 amide bonds. The average molecular weight is 489 g/mol. The standard InChI is InChI=1S/C24H24N8O4/c1-35-22-15(16-11-27-32(19(16)10-25)14-7-8-36-12-14)3-2-4-17(22)28-18-9-20(29-24(34)13-5-6-13)30-31-21(18)23(26)33/h2-4,9,11,13-14H,5-8,12H2,1H3,(H2,26,33)(H2,28,29,30,34). The second-order valence-corrected chi connectivity index (χ2v) is 8.61. The molecular formula is C24H24N8O4. The molecule has 3 heterocycles. The summed E-state index contributed by atoms with van der Waals surface area (Å²) in [6, 6.07) is 9.09. The number of nitrogens with zero attached hydrogens (tertiary/aromatic N) is 5. The minimum atomic E-state index is -0.785. The Morgan fingerprint density at radius 2 is 2.06 bits per heavy atom. The first-order valence-corrected chi connectivity index (χ1v) is 11.5. The van der Waals surface area contributed by atoms with E-state index < -0.39 is 5.91 Å². The third-order valence-electron chi connectivity index (χ3n) is 6.16. The number of hydrogen-bond donors (Lipinski definition) is 3. The van der Waals surface area contributed by atoms with Crippen LogP contribution in [0.5, 0.6) is 5.75 Å². The van der Waals surface area contributed by atoms with Gasteiger partial charge in [0.25, 0.3) is 5.91 Å². The van der Waals surface area contributed by atoms with Gasteiger partial charge >= 0.3 is 0 Å². The largest absolute Gasteiger partial charge is 0.494 e. The summed E-state index contributed by atoms with van der Waals surface area (Å²) in [7, 11) is 1.51. The number of hydrogen-bond acceptors (Lipinski definition) is 9. The number of benzene rings is 1. The molecule has 3 aromatic rings. The molecule has 1 aromatic carbocycles. The van der Waals surface area contributed by atoms with Crippen molar-refractivity contribution in [2.75, 3.05) is 31.0 Å². The first-order valence-electron chi connectivity index (χ1n) is 11.5. The molecule has 0 bridgehead atoms. The summed E-state index contributed by atoms with van der Waals surface area (Å²) < 4.78 is 12.9. The predicted octanol–water partition coefficient (Wildman–Crippen LogP) is 2.37. The minimum Gasteiger partial charge on any atom is -0.494 e. The van der Waals surface area contributed by atoms with Crippen LogP contribution in [0, 0.1) is 17.2 Å². The van der Waals surface area contributed by atoms with Crippen molar-refractivity contribution in [1.29, 1.82) is 5.26 Å². The molecule has 1 aliphatic carbocycles. The first-order chi connectivity index (χ1) is 17.5. The van der Waals surface area contributed by atoms with Crippen LogP contribution in [0.1, 0.15) is 41.5 Å². The highest BCUT2D eigenvalue weighted by molar-refractivity contribution is 5.99. The molecule has 4 N–H and O–H groups in total. The zero-order chi connectivity index (χ0) is 25.2. The number of primary amides is 1. The molecule has 12 nitrogen and oxygen atoms in total. The summed E-state index contributed by atoms with van der Waals surface area (Å²) in [5.74, 6) is -0.336. The van der Waals surface area contributed by atoms with E-state index in [1.54, 1.807) is 23.0 Å². The number of anilines is 3. The summed E-state index contributed by atoms with van der Waals surface area (Å²) in [4.78, 5) is 24.2. The molecule has 1 aliphatic heterocycles. The Hall–Kier alpha value is -4.50. The lowest BCUT2D eigenvalue weighted by molar-refractivity contribution is -0.117. The number of nitriles is 1. The Labute approximate surface area is 206 Å². The number of rotatable bonds is 8. The second kappa shape index (κ2) is 9.63. The fourth-order valence-corrected chi connectivity index (χ4v) is 4.18. The van der Waals surface area contributed by atoms with E-state index in [9.17, 15) is 14.9 Å². The van der Waals surface area contributed by atoms with Gasteiger partial charge < -0.3 is 25.8 Å². The van der Waals surface area contributed by atoms with E-state index in [-0.39, 0.29) is 35.1 Å². The van der Waals surface area contributed by atoms with Gasteiger partial charge in [-0.05, 0) is 25.3 Å². The fourth-order valence-electron chi connectivity index (χ4n) is 4.18. The van der Waals surface area contributed by atoms with Gasteiger partial charge in [-0.3, -0.25) is 9.59 Å². The lowest BCUT2D eigenvalue weighted by Gasteiger charge is -2.16. The van der Waals surface area contributed by atoms with Gasteiger partial charge in [0.15, 0.2) is 11.5 Å². The van der Waals surface area contributed by atoms with Crippen LogP contribution < -0.4 is 21.1 Å². The molecule has 1 unspecified atom stereocenters. The highest BCUT2D eigenvalue weighted by Crippen LogP contribution is 2.40. The minimum absolute atomic E-state index is 0.00834. The molecule has 0 spiro atoms. The summed E-state index contributed by atoms with van der Waals surface area (Å²) in [5.41, 5.74) is 7.79. The molecular weight excluding hydrogens is 464 g/mol. The lowest BCUT2D eigenvalue weighted by atomic mass is 10.0. The van der Waals surface area contributed by atoms with E-state index in [1.165, 1.54) is 13.2 Å². The highest BCUT2D eigenvalue weighted by atomic mass is 16.5. The Morgan fingerprint density at radius 3 is 2.72 bits per heavy atom. The quantitative estimate of drug-likeness (QED) is 0.430. The molecule has 184 valence electrons. The van der Waals surface area contributed by atoms with Gasteiger partial charge in [-0.15, -0.1) is 10.2 Å². The maximum absolute atomic E-state index is 12.2. The molecule has 1 saturated heterocycles. The van der Waals surface area contributed by atoms with Gasteiger partial charge in [0.1, 0.15) is 17.5 Å². The summed E-state index contributed by atoms with van der Waals surface area (Å²) in [5, 5.41) is 28.0. The van der Waals surface area contributed by atoms with E-state index >= 15 is 0 Å². The van der Waals surface area contributed by atoms with Gasteiger partial charge in [-0.25, -0.2) is 4.68 Å². The van der Waals surface area contributed by atoms with Crippen molar-refractivity contribution in [2.45, 2.75) is 25.3 Å². The topological polar surface area (TPSA) is 170 Å². The number of nitrogens with two attached hydrogens (primary N) is 1. The Morgan fingerprint density at radius 1 is 1.22 bits per heavy atom. The van der Waals surface area contributed by atoms with Crippen LogP contribution in [0.4, 0.5) is 17.2 Å². The van der Waals surface area contributed by atoms with Crippen LogP contribution in [-0.4, -0.2) is 52.1 Å². The molecule has 12 heteroatoms. The van der Waals surface area contributed by atoms with Crippen LogP contribution in [0.3, 0.4) is 0 Å². The van der Waals surface area contributed by atoms with E-state index in [2.05, 4.69) is 32.0 Å².